The molecule has 2 N–H and O–H groups in total. The highest BCUT2D eigenvalue weighted by Gasteiger charge is 2.22. The van der Waals surface area contributed by atoms with Gasteiger partial charge in [0.1, 0.15) is 33.0 Å². The number of hydrazine groups is 2. The standard InChI is InChI=1S/C20H26N4O6S3/c1-23(19(31)15-11-13(27-3)7-9-17(15)29-5)21-33(25,26)22-24(2)20(32)16-12-14(28-4)8-10-18(16)30-6/h7-12,21-22H,1-6H3. The zero-order valence-electron chi connectivity index (χ0n) is 19.0. The quantitative estimate of drug-likeness (QED) is 0.361. The summed E-state index contributed by atoms with van der Waals surface area (Å²) in [5, 5.41) is 2.33. The molecule has 0 aliphatic carbocycles. The summed E-state index contributed by atoms with van der Waals surface area (Å²) < 4.78 is 46.6. The van der Waals surface area contributed by atoms with E-state index in [4.69, 9.17) is 43.4 Å². The van der Waals surface area contributed by atoms with Crippen LogP contribution < -0.4 is 28.6 Å². The van der Waals surface area contributed by atoms with E-state index in [1.54, 1.807) is 36.4 Å². The molecule has 33 heavy (non-hydrogen) atoms. The van der Waals surface area contributed by atoms with Crippen molar-refractivity contribution in [1.29, 1.82) is 0 Å². The lowest BCUT2D eigenvalue weighted by atomic mass is 10.2. The van der Waals surface area contributed by atoms with E-state index in [2.05, 4.69) is 9.66 Å². The average molecular weight is 515 g/mol. The topological polar surface area (TPSA) is 102 Å². The summed E-state index contributed by atoms with van der Waals surface area (Å²) in [6, 6.07) is 10.1. The minimum atomic E-state index is -4.12. The van der Waals surface area contributed by atoms with Gasteiger partial charge >= 0.3 is 10.2 Å². The third-order valence-corrected chi connectivity index (χ3v) is 6.41. The van der Waals surface area contributed by atoms with Crippen molar-refractivity contribution < 1.29 is 27.4 Å². The third kappa shape index (κ3) is 6.65. The summed E-state index contributed by atoms with van der Waals surface area (Å²) in [7, 11) is 4.81. The summed E-state index contributed by atoms with van der Waals surface area (Å²) in [4.78, 5) is 4.99. The number of rotatable bonds is 10. The zero-order chi connectivity index (χ0) is 24.8. The van der Waals surface area contributed by atoms with Crippen LogP contribution in [0, 0.1) is 0 Å². The second-order valence-corrected chi connectivity index (χ2v) is 8.69. The summed E-state index contributed by atoms with van der Waals surface area (Å²) in [5.74, 6) is 2.01. The first-order chi connectivity index (χ1) is 15.6. The Hall–Kier alpha value is -2.71. The lowest BCUT2D eigenvalue weighted by molar-refractivity contribution is 0.391. The molecule has 0 heterocycles. The predicted octanol–water partition coefficient (Wildman–Crippen LogP) is 1.89. The minimum absolute atomic E-state index is 0.163. The fourth-order valence-electron chi connectivity index (χ4n) is 2.79. The lowest BCUT2D eigenvalue weighted by Gasteiger charge is -2.26. The fourth-order valence-corrected chi connectivity index (χ4v) is 4.26. The largest absolute Gasteiger partial charge is 0.497 e. The predicted molar refractivity (Wildman–Crippen MR) is 133 cm³/mol. The molecule has 0 aliphatic heterocycles. The van der Waals surface area contributed by atoms with Gasteiger partial charge in [0.2, 0.25) is 0 Å². The van der Waals surface area contributed by atoms with E-state index in [9.17, 15) is 8.42 Å². The smallest absolute Gasteiger partial charge is 0.311 e. The van der Waals surface area contributed by atoms with E-state index in [1.807, 2.05) is 0 Å². The fraction of sp³-hybridized carbons (Fsp3) is 0.300. The molecule has 2 rings (SSSR count). The Morgan fingerprint density at radius 1 is 0.727 bits per heavy atom. The van der Waals surface area contributed by atoms with Crippen molar-refractivity contribution >= 4 is 44.6 Å². The second kappa shape index (κ2) is 11.4. The van der Waals surface area contributed by atoms with Gasteiger partial charge in [-0.1, -0.05) is 24.4 Å². The Morgan fingerprint density at radius 3 is 1.39 bits per heavy atom. The van der Waals surface area contributed by atoms with E-state index in [0.29, 0.717) is 34.1 Å². The Bertz CT molecular complexity index is 1050. The zero-order valence-corrected chi connectivity index (χ0v) is 21.5. The van der Waals surface area contributed by atoms with E-state index in [-0.39, 0.29) is 9.98 Å². The summed E-state index contributed by atoms with van der Waals surface area (Å²) >= 11 is 10.9. The van der Waals surface area contributed by atoms with E-state index >= 15 is 0 Å². The molecule has 0 aromatic heterocycles. The number of hydrogen-bond donors (Lipinski definition) is 2. The summed E-state index contributed by atoms with van der Waals surface area (Å²) in [6.45, 7) is 0. The number of ether oxygens (including phenoxy) is 4. The van der Waals surface area contributed by atoms with Crippen LogP contribution in [0.4, 0.5) is 0 Å². The van der Waals surface area contributed by atoms with Gasteiger partial charge in [-0.2, -0.15) is 8.42 Å². The molecule has 13 heteroatoms. The van der Waals surface area contributed by atoms with Gasteiger partial charge in [-0.3, -0.25) is 10.0 Å². The van der Waals surface area contributed by atoms with E-state index in [0.717, 1.165) is 10.0 Å². The van der Waals surface area contributed by atoms with Gasteiger partial charge in [0.25, 0.3) is 0 Å². The van der Waals surface area contributed by atoms with Crippen LogP contribution in [-0.2, 0) is 10.2 Å². The van der Waals surface area contributed by atoms with Crippen molar-refractivity contribution in [3.8, 4) is 23.0 Å². The Morgan fingerprint density at radius 2 is 1.09 bits per heavy atom. The molecule has 2 aromatic carbocycles. The van der Waals surface area contributed by atoms with Crippen LogP contribution in [0.2, 0.25) is 0 Å². The number of nitrogens with zero attached hydrogens (tertiary/aromatic N) is 2. The monoisotopic (exact) mass is 514 g/mol. The normalized spacial score (nSPS) is 10.8. The molecule has 0 spiro atoms. The summed E-state index contributed by atoms with van der Waals surface area (Å²) in [6.07, 6.45) is 0. The molecule has 0 bridgehead atoms. The highest BCUT2D eigenvalue weighted by atomic mass is 32.2. The number of methoxy groups -OCH3 is 4. The lowest BCUT2D eigenvalue weighted by Crippen LogP contribution is -2.53. The Labute approximate surface area is 204 Å². The van der Waals surface area contributed by atoms with Crippen molar-refractivity contribution in [2.45, 2.75) is 0 Å². The Kier molecular flexibility index (Phi) is 9.19. The van der Waals surface area contributed by atoms with Crippen molar-refractivity contribution in [2.24, 2.45) is 0 Å². The molecule has 0 amide bonds. The van der Waals surface area contributed by atoms with Gasteiger partial charge in [-0.15, -0.1) is 9.66 Å². The maximum Gasteiger partial charge on any atom is 0.311 e. The molecule has 0 unspecified atom stereocenters. The second-order valence-electron chi connectivity index (χ2n) is 6.55. The van der Waals surface area contributed by atoms with Crippen LogP contribution in [0.25, 0.3) is 0 Å². The van der Waals surface area contributed by atoms with E-state index in [1.165, 1.54) is 42.5 Å². The van der Waals surface area contributed by atoms with Crippen molar-refractivity contribution in [2.75, 3.05) is 42.5 Å². The van der Waals surface area contributed by atoms with Crippen LogP contribution >= 0.6 is 24.4 Å². The first kappa shape index (κ1) is 26.5. The minimum Gasteiger partial charge on any atom is -0.497 e. The molecular formula is C20H26N4O6S3. The number of hydrogen-bond acceptors (Lipinski definition) is 8. The number of thiocarbonyl (C=S) groups is 2. The molecule has 10 nitrogen and oxygen atoms in total. The van der Waals surface area contributed by atoms with Crippen molar-refractivity contribution in [3.05, 3.63) is 47.5 Å². The Balaban J connectivity index is 2.18. The highest BCUT2D eigenvalue weighted by molar-refractivity contribution is 7.87. The number of nitrogens with one attached hydrogen (secondary N) is 2. The van der Waals surface area contributed by atoms with Crippen LogP contribution in [0.1, 0.15) is 11.1 Å². The van der Waals surface area contributed by atoms with Gasteiger partial charge in [-0.05, 0) is 36.4 Å². The third-order valence-electron chi connectivity index (χ3n) is 4.40. The van der Waals surface area contributed by atoms with Gasteiger partial charge in [-0.25, -0.2) is 0 Å². The SMILES string of the molecule is COc1ccc(OC)c(C(=S)N(C)NS(=O)(=O)NN(C)C(=S)c2cc(OC)ccc2OC)c1. The van der Waals surface area contributed by atoms with Crippen LogP contribution in [0.15, 0.2) is 36.4 Å². The van der Waals surface area contributed by atoms with Crippen LogP contribution in [0.3, 0.4) is 0 Å². The average Bonchev–Trinajstić information content (AvgIpc) is 2.81. The van der Waals surface area contributed by atoms with Crippen LogP contribution in [0.5, 0.6) is 23.0 Å². The van der Waals surface area contributed by atoms with Gasteiger partial charge in [0, 0.05) is 14.1 Å². The van der Waals surface area contributed by atoms with Crippen LogP contribution in [-0.4, -0.2) is 70.9 Å². The van der Waals surface area contributed by atoms with Crippen molar-refractivity contribution in [3.63, 3.8) is 0 Å². The highest BCUT2D eigenvalue weighted by Crippen LogP contribution is 2.26. The number of benzene rings is 2. The molecule has 180 valence electrons. The molecule has 0 saturated heterocycles. The summed E-state index contributed by atoms with van der Waals surface area (Å²) in [5.41, 5.74) is 0.948. The van der Waals surface area contributed by atoms with E-state index < -0.39 is 10.2 Å². The maximum absolute atomic E-state index is 12.7. The van der Waals surface area contributed by atoms with Gasteiger partial charge in [0.05, 0.1) is 39.6 Å². The maximum atomic E-state index is 12.7. The molecule has 0 fully saturated rings. The molecular weight excluding hydrogens is 488 g/mol. The first-order valence-electron chi connectivity index (χ1n) is 9.36. The molecule has 0 radical (unpaired) electrons. The first-order valence-corrected chi connectivity index (χ1v) is 11.7. The molecule has 0 aliphatic rings. The van der Waals surface area contributed by atoms with Gasteiger partial charge in [0.15, 0.2) is 0 Å². The van der Waals surface area contributed by atoms with Gasteiger partial charge < -0.3 is 18.9 Å². The molecule has 0 saturated carbocycles. The molecule has 2 aromatic rings. The van der Waals surface area contributed by atoms with Crippen molar-refractivity contribution in [1.82, 2.24) is 19.7 Å². The molecule has 0 atom stereocenters.